The van der Waals surface area contributed by atoms with Crippen molar-refractivity contribution < 1.29 is 0 Å². The van der Waals surface area contributed by atoms with Crippen molar-refractivity contribution in [3.8, 4) is 0 Å². The lowest BCUT2D eigenvalue weighted by molar-refractivity contribution is 0.114. The Balaban J connectivity index is 2.07. The average Bonchev–Trinajstić information content (AvgIpc) is 2.38. The van der Waals surface area contributed by atoms with Crippen molar-refractivity contribution >= 4 is 0 Å². The first-order chi connectivity index (χ1) is 8.61. The fourth-order valence-electron chi connectivity index (χ4n) is 3.00. The fourth-order valence-corrected chi connectivity index (χ4v) is 3.00. The second-order valence-electron chi connectivity index (χ2n) is 5.71. The summed E-state index contributed by atoms with van der Waals surface area (Å²) in [5.41, 5.74) is 8.97. The van der Waals surface area contributed by atoms with E-state index in [-0.39, 0.29) is 0 Å². The molecule has 2 rings (SSSR count). The second kappa shape index (κ2) is 5.85. The summed E-state index contributed by atoms with van der Waals surface area (Å²) in [4.78, 5) is 2.59. The molecule has 0 aliphatic carbocycles. The third-order valence-corrected chi connectivity index (χ3v) is 4.42. The Morgan fingerprint density at radius 1 is 1.44 bits per heavy atom. The molecule has 1 saturated heterocycles. The maximum atomic E-state index is 6.19. The van der Waals surface area contributed by atoms with Gasteiger partial charge in [0.25, 0.3) is 0 Å². The standard InChI is InChI=1S/C16H26N2/c1-4-14-11-18(9-8-16(14)17)13(3)15-7-5-6-12(2)10-15/h5-7,10,13-14,16H,4,8-9,11,17H2,1-3H3. The molecule has 0 saturated carbocycles. The smallest absolute Gasteiger partial charge is 0.0320 e. The highest BCUT2D eigenvalue weighted by molar-refractivity contribution is 5.24. The quantitative estimate of drug-likeness (QED) is 0.888. The van der Waals surface area contributed by atoms with Crippen LogP contribution in [0.4, 0.5) is 0 Å². The lowest BCUT2D eigenvalue weighted by atomic mass is 9.89. The van der Waals surface area contributed by atoms with Crippen LogP contribution in [0.15, 0.2) is 24.3 Å². The topological polar surface area (TPSA) is 29.3 Å². The molecule has 1 aromatic rings. The first-order valence-corrected chi connectivity index (χ1v) is 7.18. The molecular formula is C16H26N2. The summed E-state index contributed by atoms with van der Waals surface area (Å²) < 4.78 is 0. The largest absolute Gasteiger partial charge is 0.327 e. The molecule has 18 heavy (non-hydrogen) atoms. The molecule has 1 aliphatic rings. The molecule has 3 unspecified atom stereocenters. The Bertz CT molecular complexity index is 388. The van der Waals surface area contributed by atoms with E-state index in [0.717, 1.165) is 19.5 Å². The molecule has 1 aromatic carbocycles. The summed E-state index contributed by atoms with van der Waals surface area (Å²) in [6.45, 7) is 9.01. The first kappa shape index (κ1) is 13.6. The van der Waals surface area contributed by atoms with Gasteiger partial charge in [0.15, 0.2) is 0 Å². The van der Waals surface area contributed by atoms with Gasteiger partial charge in [0, 0.05) is 25.2 Å². The lowest BCUT2D eigenvalue weighted by Gasteiger charge is -2.40. The second-order valence-corrected chi connectivity index (χ2v) is 5.71. The number of rotatable bonds is 3. The van der Waals surface area contributed by atoms with Crippen LogP contribution < -0.4 is 5.73 Å². The van der Waals surface area contributed by atoms with Crippen LogP contribution in [0.1, 0.15) is 43.9 Å². The molecule has 100 valence electrons. The molecular weight excluding hydrogens is 220 g/mol. The lowest BCUT2D eigenvalue weighted by Crippen LogP contribution is -2.47. The number of piperidine rings is 1. The van der Waals surface area contributed by atoms with Gasteiger partial charge in [0.05, 0.1) is 0 Å². The zero-order valence-corrected chi connectivity index (χ0v) is 11.9. The van der Waals surface area contributed by atoms with E-state index < -0.39 is 0 Å². The van der Waals surface area contributed by atoms with E-state index in [4.69, 9.17) is 5.73 Å². The van der Waals surface area contributed by atoms with Crippen molar-refractivity contribution in [1.82, 2.24) is 4.90 Å². The molecule has 1 heterocycles. The highest BCUT2D eigenvalue weighted by atomic mass is 15.2. The van der Waals surface area contributed by atoms with Gasteiger partial charge in [-0.2, -0.15) is 0 Å². The van der Waals surface area contributed by atoms with Crippen molar-refractivity contribution in [1.29, 1.82) is 0 Å². The number of hydrogen-bond acceptors (Lipinski definition) is 2. The van der Waals surface area contributed by atoms with Crippen LogP contribution in [-0.4, -0.2) is 24.0 Å². The van der Waals surface area contributed by atoms with Gasteiger partial charge in [-0.3, -0.25) is 4.90 Å². The summed E-state index contributed by atoms with van der Waals surface area (Å²) in [6.07, 6.45) is 2.33. The SMILES string of the molecule is CCC1CN(C(C)c2cccc(C)c2)CCC1N. The Hall–Kier alpha value is -0.860. The highest BCUT2D eigenvalue weighted by Crippen LogP contribution is 2.27. The minimum Gasteiger partial charge on any atom is -0.327 e. The number of likely N-dealkylation sites (tertiary alicyclic amines) is 1. The van der Waals surface area contributed by atoms with Gasteiger partial charge >= 0.3 is 0 Å². The van der Waals surface area contributed by atoms with E-state index in [1.807, 2.05) is 0 Å². The number of nitrogens with two attached hydrogens (primary N) is 1. The Morgan fingerprint density at radius 2 is 2.22 bits per heavy atom. The van der Waals surface area contributed by atoms with E-state index in [0.29, 0.717) is 18.0 Å². The predicted octanol–water partition coefficient (Wildman–Crippen LogP) is 3.12. The average molecular weight is 246 g/mol. The molecule has 2 heteroatoms. The van der Waals surface area contributed by atoms with Crippen molar-refractivity contribution in [2.75, 3.05) is 13.1 Å². The summed E-state index contributed by atoms with van der Waals surface area (Å²) >= 11 is 0. The maximum absolute atomic E-state index is 6.19. The van der Waals surface area contributed by atoms with Crippen LogP contribution >= 0.6 is 0 Å². The van der Waals surface area contributed by atoms with Gasteiger partial charge in [-0.25, -0.2) is 0 Å². The van der Waals surface area contributed by atoms with E-state index in [1.165, 1.54) is 17.5 Å². The van der Waals surface area contributed by atoms with Crippen molar-refractivity contribution in [3.05, 3.63) is 35.4 Å². The van der Waals surface area contributed by atoms with Gasteiger partial charge < -0.3 is 5.73 Å². The number of nitrogens with zero attached hydrogens (tertiary/aromatic N) is 1. The van der Waals surface area contributed by atoms with Crippen LogP contribution in [-0.2, 0) is 0 Å². The minimum absolute atomic E-state index is 0.399. The molecule has 1 fully saturated rings. The van der Waals surface area contributed by atoms with Crippen LogP contribution in [0.5, 0.6) is 0 Å². The van der Waals surface area contributed by atoms with E-state index >= 15 is 0 Å². The molecule has 3 atom stereocenters. The zero-order chi connectivity index (χ0) is 13.1. The molecule has 0 radical (unpaired) electrons. The van der Waals surface area contributed by atoms with E-state index in [1.54, 1.807) is 0 Å². The number of hydrogen-bond donors (Lipinski definition) is 1. The molecule has 2 N–H and O–H groups in total. The minimum atomic E-state index is 0.399. The monoisotopic (exact) mass is 246 g/mol. The fraction of sp³-hybridized carbons (Fsp3) is 0.625. The van der Waals surface area contributed by atoms with Crippen LogP contribution in [0, 0.1) is 12.8 Å². The molecule has 0 bridgehead atoms. The molecule has 0 amide bonds. The molecule has 0 aromatic heterocycles. The predicted molar refractivity (Wildman–Crippen MR) is 77.5 cm³/mol. The summed E-state index contributed by atoms with van der Waals surface area (Å²) in [5, 5.41) is 0. The van der Waals surface area contributed by atoms with E-state index in [2.05, 4.69) is 49.9 Å². The van der Waals surface area contributed by atoms with Crippen molar-refractivity contribution in [2.24, 2.45) is 11.7 Å². The van der Waals surface area contributed by atoms with Gasteiger partial charge in [-0.05, 0) is 31.7 Å². The first-order valence-electron chi connectivity index (χ1n) is 7.18. The van der Waals surface area contributed by atoms with Gasteiger partial charge in [-0.1, -0.05) is 43.2 Å². The molecule has 0 spiro atoms. The maximum Gasteiger partial charge on any atom is 0.0320 e. The molecule has 2 nitrogen and oxygen atoms in total. The van der Waals surface area contributed by atoms with Gasteiger partial charge in [0.1, 0.15) is 0 Å². The van der Waals surface area contributed by atoms with E-state index in [9.17, 15) is 0 Å². The van der Waals surface area contributed by atoms with Gasteiger partial charge in [-0.15, -0.1) is 0 Å². The van der Waals surface area contributed by atoms with Crippen molar-refractivity contribution in [2.45, 2.75) is 45.7 Å². The summed E-state index contributed by atoms with van der Waals surface area (Å²) in [6, 6.07) is 9.78. The van der Waals surface area contributed by atoms with Crippen LogP contribution in [0.3, 0.4) is 0 Å². The van der Waals surface area contributed by atoms with Crippen molar-refractivity contribution in [3.63, 3.8) is 0 Å². The third-order valence-electron chi connectivity index (χ3n) is 4.42. The van der Waals surface area contributed by atoms with Crippen LogP contribution in [0.2, 0.25) is 0 Å². The van der Waals surface area contributed by atoms with Crippen LogP contribution in [0.25, 0.3) is 0 Å². The third kappa shape index (κ3) is 2.93. The normalized spacial score (nSPS) is 27.1. The zero-order valence-electron chi connectivity index (χ0n) is 11.9. The highest BCUT2D eigenvalue weighted by Gasteiger charge is 2.28. The summed E-state index contributed by atoms with van der Waals surface area (Å²) in [7, 11) is 0. The number of aryl methyl sites for hydroxylation is 1. The Morgan fingerprint density at radius 3 is 2.89 bits per heavy atom. The summed E-state index contributed by atoms with van der Waals surface area (Å²) in [5.74, 6) is 0.658. The Kier molecular flexibility index (Phi) is 4.41. The van der Waals surface area contributed by atoms with Gasteiger partial charge in [0.2, 0.25) is 0 Å². The Labute approximate surface area is 111 Å². The number of benzene rings is 1. The molecule has 1 aliphatic heterocycles.